The molecule has 0 aliphatic heterocycles. The maximum Gasteiger partial charge on any atom is 0.0949 e. The van der Waals surface area contributed by atoms with Crippen molar-refractivity contribution in [1.82, 2.24) is 14.9 Å². The van der Waals surface area contributed by atoms with Crippen molar-refractivity contribution in [2.45, 2.75) is 39.4 Å². The summed E-state index contributed by atoms with van der Waals surface area (Å²) in [6, 6.07) is 8.66. The molecule has 0 fully saturated rings. The van der Waals surface area contributed by atoms with Crippen LogP contribution in [0.5, 0.6) is 0 Å². The third kappa shape index (κ3) is 3.34. The third-order valence-electron chi connectivity index (χ3n) is 3.46. The molecule has 2 aromatic heterocycles. The SMILES string of the molecule is CC(C)(C)NCc1sc2ccccc2c1Cn1ccnc1. The van der Waals surface area contributed by atoms with Crippen LogP contribution in [0.15, 0.2) is 43.0 Å². The minimum atomic E-state index is 0.127. The average Bonchev–Trinajstić information content (AvgIpc) is 3.05. The maximum absolute atomic E-state index is 4.15. The lowest BCUT2D eigenvalue weighted by atomic mass is 10.1. The van der Waals surface area contributed by atoms with Gasteiger partial charge in [-0.1, -0.05) is 18.2 Å². The minimum Gasteiger partial charge on any atom is -0.333 e. The molecule has 1 aromatic carbocycles. The van der Waals surface area contributed by atoms with Gasteiger partial charge in [-0.25, -0.2) is 4.98 Å². The number of rotatable bonds is 4. The standard InChI is InChI=1S/C17H21N3S/c1-17(2,3)19-10-16-14(11-20-9-8-18-12-20)13-6-4-5-7-15(13)21-16/h4-9,12,19H,10-11H2,1-3H3. The molecule has 0 amide bonds. The molecule has 110 valence electrons. The number of nitrogens with one attached hydrogen (secondary N) is 1. The lowest BCUT2D eigenvalue weighted by Gasteiger charge is -2.20. The van der Waals surface area contributed by atoms with Crippen LogP contribution in [-0.4, -0.2) is 15.1 Å². The number of thiophene rings is 1. The van der Waals surface area contributed by atoms with Gasteiger partial charge in [-0.15, -0.1) is 11.3 Å². The summed E-state index contributed by atoms with van der Waals surface area (Å²) in [5, 5.41) is 4.97. The van der Waals surface area contributed by atoms with Crippen molar-refractivity contribution in [2.75, 3.05) is 0 Å². The highest BCUT2D eigenvalue weighted by Gasteiger charge is 2.15. The molecule has 0 bridgehead atoms. The molecule has 0 spiro atoms. The maximum atomic E-state index is 4.15. The van der Waals surface area contributed by atoms with Crippen molar-refractivity contribution in [3.8, 4) is 0 Å². The van der Waals surface area contributed by atoms with Crippen LogP contribution in [0.2, 0.25) is 0 Å². The lowest BCUT2D eigenvalue weighted by Crippen LogP contribution is -2.35. The summed E-state index contributed by atoms with van der Waals surface area (Å²) in [6.07, 6.45) is 5.74. The highest BCUT2D eigenvalue weighted by Crippen LogP contribution is 2.32. The fourth-order valence-electron chi connectivity index (χ4n) is 2.37. The van der Waals surface area contributed by atoms with E-state index < -0.39 is 0 Å². The first-order valence-corrected chi connectivity index (χ1v) is 8.05. The molecule has 21 heavy (non-hydrogen) atoms. The van der Waals surface area contributed by atoms with Crippen molar-refractivity contribution < 1.29 is 0 Å². The van der Waals surface area contributed by atoms with Crippen molar-refractivity contribution in [2.24, 2.45) is 0 Å². The Labute approximate surface area is 129 Å². The largest absolute Gasteiger partial charge is 0.333 e. The number of hydrogen-bond acceptors (Lipinski definition) is 3. The number of nitrogens with zero attached hydrogens (tertiary/aromatic N) is 2. The molecular weight excluding hydrogens is 278 g/mol. The second-order valence-electron chi connectivity index (χ2n) is 6.34. The van der Waals surface area contributed by atoms with E-state index in [1.807, 2.05) is 30.1 Å². The Bertz CT molecular complexity index is 720. The first kappa shape index (κ1) is 14.3. The molecule has 0 unspecified atom stereocenters. The fraction of sp³-hybridized carbons (Fsp3) is 0.353. The van der Waals surface area contributed by atoms with E-state index in [0.717, 1.165) is 13.1 Å². The molecule has 2 heterocycles. The van der Waals surface area contributed by atoms with Gasteiger partial charge in [0.05, 0.1) is 12.9 Å². The molecular formula is C17H21N3S. The second-order valence-corrected chi connectivity index (χ2v) is 7.48. The van der Waals surface area contributed by atoms with Crippen LogP contribution in [0.1, 0.15) is 31.2 Å². The predicted octanol–water partition coefficient (Wildman–Crippen LogP) is 4.03. The Morgan fingerprint density at radius 1 is 1.24 bits per heavy atom. The van der Waals surface area contributed by atoms with E-state index in [9.17, 15) is 0 Å². The zero-order valence-corrected chi connectivity index (χ0v) is 13.6. The molecule has 0 atom stereocenters. The van der Waals surface area contributed by atoms with Gasteiger partial charge in [-0.05, 0) is 37.8 Å². The van der Waals surface area contributed by atoms with Gasteiger partial charge >= 0.3 is 0 Å². The summed E-state index contributed by atoms with van der Waals surface area (Å²) in [6.45, 7) is 8.40. The van der Waals surface area contributed by atoms with E-state index in [4.69, 9.17) is 0 Å². The summed E-state index contributed by atoms with van der Waals surface area (Å²) in [5.74, 6) is 0. The monoisotopic (exact) mass is 299 g/mol. The van der Waals surface area contributed by atoms with Crippen molar-refractivity contribution in [3.05, 3.63) is 53.4 Å². The minimum absolute atomic E-state index is 0.127. The van der Waals surface area contributed by atoms with Gasteiger partial charge in [0.2, 0.25) is 0 Å². The van der Waals surface area contributed by atoms with Gasteiger partial charge < -0.3 is 9.88 Å². The Balaban J connectivity index is 1.97. The molecule has 3 rings (SSSR count). The van der Waals surface area contributed by atoms with Crippen molar-refractivity contribution in [1.29, 1.82) is 0 Å². The number of fused-ring (bicyclic) bond motifs is 1. The summed E-state index contributed by atoms with van der Waals surface area (Å²) in [7, 11) is 0. The van der Waals surface area contributed by atoms with Gasteiger partial charge in [0, 0.05) is 34.1 Å². The molecule has 0 radical (unpaired) electrons. The second kappa shape index (κ2) is 5.62. The van der Waals surface area contributed by atoms with E-state index in [1.54, 1.807) is 0 Å². The Morgan fingerprint density at radius 3 is 2.76 bits per heavy atom. The summed E-state index contributed by atoms with van der Waals surface area (Å²) >= 11 is 1.89. The normalized spacial score (nSPS) is 12.1. The molecule has 3 nitrogen and oxygen atoms in total. The van der Waals surface area contributed by atoms with Crippen LogP contribution in [0, 0.1) is 0 Å². The Morgan fingerprint density at radius 2 is 2.05 bits per heavy atom. The van der Waals surface area contributed by atoms with E-state index in [2.05, 4.69) is 59.9 Å². The zero-order valence-electron chi connectivity index (χ0n) is 12.8. The number of benzene rings is 1. The quantitative estimate of drug-likeness (QED) is 0.788. The first-order chi connectivity index (χ1) is 10.0. The molecule has 0 aliphatic carbocycles. The summed E-state index contributed by atoms with van der Waals surface area (Å²) in [5.41, 5.74) is 1.54. The lowest BCUT2D eigenvalue weighted by molar-refractivity contribution is 0.425. The van der Waals surface area contributed by atoms with E-state index in [-0.39, 0.29) is 5.54 Å². The Hall–Kier alpha value is -1.65. The zero-order chi connectivity index (χ0) is 14.9. The van der Waals surface area contributed by atoms with Crippen LogP contribution in [0.25, 0.3) is 10.1 Å². The molecule has 0 aliphatic rings. The van der Waals surface area contributed by atoms with Crippen molar-refractivity contribution >= 4 is 21.4 Å². The highest BCUT2D eigenvalue weighted by atomic mass is 32.1. The van der Waals surface area contributed by atoms with Crippen molar-refractivity contribution in [3.63, 3.8) is 0 Å². The molecule has 4 heteroatoms. The van der Waals surface area contributed by atoms with Crippen LogP contribution in [0.4, 0.5) is 0 Å². The average molecular weight is 299 g/mol. The topological polar surface area (TPSA) is 29.9 Å². The van der Waals surface area contributed by atoms with Gasteiger partial charge in [0.15, 0.2) is 0 Å². The van der Waals surface area contributed by atoms with Crippen LogP contribution in [-0.2, 0) is 13.1 Å². The number of imidazole rings is 1. The molecule has 0 saturated heterocycles. The van der Waals surface area contributed by atoms with Gasteiger partial charge in [0.1, 0.15) is 0 Å². The van der Waals surface area contributed by atoms with E-state index >= 15 is 0 Å². The molecule has 3 aromatic rings. The van der Waals surface area contributed by atoms with Gasteiger partial charge in [-0.3, -0.25) is 0 Å². The van der Waals surface area contributed by atoms with E-state index in [0.29, 0.717) is 0 Å². The molecule has 1 N–H and O–H groups in total. The van der Waals surface area contributed by atoms with Gasteiger partial charge in [0.25, 0.3) is 0 Å². The fourth-order valence-corrected chi connectivity index (χ4v) is 3.53. The van der Waals surface area contributed by atoms with Crippen LogP contribution >= 0.6 is 11.3 Å². The number of aromatic nitrogens is 2. The van der Waals surface area contributed by atoms with Gasteiger partial charge in [-0.2, -0.15) is 0 Å². The predicted molar refractivity (Wildman–Crippen MR) is 89.7 cm³/mol. The third-order valence-corrected chi connectivity index (χ3v) is 4.67. The molecule has 0 saturated carbocycles. The van der Waals surface area contributed by atoms with Crippen LogP contribution in [0.3, 0.4) is 0 Å². The Kier molecular flexibility index (Phi) is 3.83. The smallest absolute Gasteiger partial charge is 0.0949 e. The van der Waals surface area contributed by atoms with E-state index in [1.165, 1.54) is 20.5 Å². The summed E-state index contributed by atoms with van der Waals surface area (Å²) in [4.78, 5) is 5.56. The number of hydrogen-bond donors (Lipinski definition) is 1. The first-order valence-electron chi connectivity index (χ1n) is 7.23. The summed E-state index contributed by atoms with van der Waals surface area (Å²) < 4.78 is 3.49. The highest BCUT2D eigenvalue weighted by molar-refractivity contribution is 7.19. The van der Waals surface area contributed by atoms with Crippen LogP contribution < -0.4 is 5.32 Å².